The van der Waals surface area contributed by atoms with Crippen LogP contribution < -0.4 is 0 Å². The van der Waals surface area contributed by atoms with E-state index in [1.165, 1.54) is 0 Å². The van der Waals surface area contributed by atoms with Crippen LogP contribution in [0.15, 0.2) is 36.4 Å². The first-order valence-electron chi connectivity index (χ1n) is 4.61. The molecule has 0 heterocycles. The summed E-state index contributed by atoms with van der Waals surface area (Å²) in [6, 6.07) is 9.99. The zero-order valence-corrected chi connectivity index (χ0v) is 8.14. The number of hydrogen-bond acceptors (Lipinski definition) is 1. The van der Waals surface area contributed by atoms with Gasteiger partial charge in [-0.15, -0.1) is 0 Å². The fourth-order valence-corrected chi connectivity index (χ4v) is 0.996. The van der Waals surface area contributed by atoms with Gasteiger partial charge in [0.2, 0.25) is 0 Å². The highest BCUT2D eigenvalue weighted by Crippen LogP contribution is 2.06. The lowest BCUT2D eigenvalue weighted by Gasteiger charge is -2.08. The van der Waals surface area contributed by atoms with E-state index in [4.69, 9.17) is 0 Å². The Labute approximate surface area is 79.7 Å². The molecule has 70 valence electrons. The molecule has 1 unspecified atom stereocenters. The Kier molecular flexibility index (Phi) is 3.71. The lowest BCUT2D eigenvalue weighted by atomic mass is 10.1. The first-order valence-corrected chi connectivity index (χ1v) is 4.61. The van der Waals surface area contributed by atoms with Crippen LogP contribution in [0.2, 0.25) is 0 Å². The molecule has 0 aliphatic rings. The second kappa shape index (κ2) is 4.83. The van der Waals surface area contributed by atoms with Gasteiger partial charge in [-0.3, -0.25) is 0 Å². The standard InChI is InChI=1S/C12H16O/c1-10(2)12(13)9-8-11-6-4-3-5-7-11/h3-10,12-13H,1-2H3/b9-8-. The van der Waals surface area contributed by atoms with Crippen molar-refractivity contribution >= 4 is 6.08 Å². The van der Waals surface area contributed by atoms with Gasteiger partial charge >= 0.3 is 0 Å². The molecule has 0 radical (unpaired) electrons. The van der Waals surface area contributed by atoms with Gasteiger partial charge in [0.25, 0.3) is 0 Å². The van der Waals surface area contributed by atoms with Crippen molar-refractivity contribution in [3.63, 3.8) is 0 Å². The largest absolute Gasteiger partial charge is 0.389 e. The van der Waals surface area contributed by atoms with Crippen molar-refractivity contribution in [2.45, 2.75) is 20.0 Å². The Morgan fingerprint density at radius 1 is 1.15 bits per heavy atom. The molecule has 1 heteroatoms. The smallest absolute Gasteiger partial charge is 0.0747 e. The zero-order valence-electron chi connectivity index (χ0n) is 8.14. The zero-order chi connectivity index (χ0) is 9.68. The van der Waals surface area contributed by atoms with Crippen LogP contribution in [-0.4, -0.2) is 11.2 Å². The fourth-order valence-electron chi connectivity index (χ4n) is 0.996. The van der Waals surface area contributed by atoms with Crippen molar-refractivity contribution < 1.29 is 5.11 Å². The molecule has 1 nitrogen and oxygen atoms in total. The minimum Gasteiger partial charge on any atom is -0.389 e. The Morgan fingerprint density at radius 3 is 2.31 bits per heavy atom. The van der Waals surface area contributed by atoms with Crippen LogP contribution in [0.3, 0.4) is 0 Å². The van der Waals surface area contributed by atoms with Gasteiger partial charge in [-0.2, -0.15) is 0 Å². The van der Waals surface area contributed by atoms with Crippen LogP contribution >= 0.6 is 0 Å². The highest BCUT2D eigenvalue weighted by molar-refractivity contribution is 5.49. The molecule has 0 aliphatic heterocycles. The average Bonchev–Trinajstić information content (AvgIpc) is 2.15. The van der Waals surface area contributed by atoms with Crippen LogP contribution in [0, 0.1) is 5.92 Å². The number of aliphatic hydroxyl groups is 1. The normalized spacial score (nSPS) is 13.8. The summed E-state index contributed by atoms with van der Waals surface area (Å²) in [5.74, 6) is 0.278. The van der Waals surface area contributed by atoms with Crippen molar-refractivity contribution in [1.82, 2.24) is 0 Å². The lowest BCUT2D eigenvalue weighted by Crippen LogP contribution is -2.10. The third kappa shape index (κ3) is 3.43. The molecule has 1 atom stereocenters. The van der Waals surface area contributed by atoms with E-state index in [1.54, 1.807) is 0 Å². The van der Waals surface area contributed by atoms with Gasteiger partial charge in [0.05, 0.1) is 6.10 Å². The van der Waals surface area contributed by atoms with E-state index in [-0.39, 0.29) is 12.0 Å². The molecule has 0 bridgehead atoms. The molecular weight excluding hydrogens is 160 g/mol. The first kappa shape index (κ1) is 10.0. The third-order valence-electron chi connectivity index (χ3n) is 1.97. The van der Waals surface area contributed by atoms with Gasteiger partial charge in [0.1, 0.15) is 0 Å². The second-order valence-electron chi connectivity index (χ2n) is 3.50. The van der Waals surface area contributed by atoms with Crippen LogP contribution in [0.4, 0.5) is 0 Å². The Balaban J connectivity index is 2.59. The molecule has 0 aromatic heterocycles. The maximum Gasteiger partial charge on any atom is 0.0747 e. The van der Waals surface area contributed by atoms with Crippen molar-refractivity contribution in [3.05, 3.63) is 42.0 Å². The minimum absolute atomic E-state index is 0.278. The highest BCUT2D eigenvalue weighted by Gasteiger charge is 2.02. The average molecular weight is 176 g/mol. The lowest BCUT2D eigenvalue weighted by molar-refractivity contribution is 0.173. The molecule has 1 aromatic carbocycles. The Morgan fingerprint density at radius 2 is 1.77 bits per heavy atom. The maximum absolute atomic E-state index is 9.50. The SMILES string of the molecule is CC(C)C(O)/C=C\c1ccccc1. The monoisotopic (exact) mass is 176 g/mol. The minimum atomic E-state index is -0.347. The predicted octanol–water partition coefficient (Wildman–Crippen LogP) is 2.72. The molecule has 1 rings (SSSR count). The Bertz CT molecular complexity index is 262. The molecule has 1 aromatic rings. The van der Waals surface area contributed by atoms with Crippen LogP contribution in [0.25, 0.3) is 6.08 Å². The Hall–Kier alpha value is -1.08. The fraction of sp³-hybridized carbons (Fsp3) is 0.333. The second-order valence-corrected chi connectivity index (χ2v) is 3.50. The molecule has 0 spiro atoms. The van der Waals surface area contributed by atoms with E-state index in [1.807, 2.05) is 56.3 Å². The summed E-state index contributed by atoms with van der Waals surface area (Å²) < 4.78 is 0. The molecular formula is C12H16O. The highest BCUT2D eigenvalue weighted by atomic mass is 16.3. The summed E-state index contributed by atoms with van der Waals surface area (Å²) in [5, 5.41) is 9.50. The van der Waals surface area contributed by atoms with Crippen molar-refractivity contribution in [2.75, 3.05) is 0 Å². The van der Waals surface area contributed by atoms with Gasteiger partial charge in [-0.1, -0.05) is 56.3 Å². The molecule has 0 aliphatic carbocycles. The van der Waals surface area contributed by atoms with E-state index >= 15 is 0 Å². The van der Waals surface area contributed by atoms with E-state index in [9.17, 15) is 5.11 Å². The van der Waals surface area contributed by atoms with Gasteiger partial charge in [-0.05, 0) is 11.5 Å². The summed E-state index contributed by atoms with van der Waals surface area (Å²) in [7, 11) is 0. The summed E-state index contributed by atoms with van der Waals surface area (Å²) in [6.45, 7) is 4.00. The predicted molar refractivity (Wildman–Crippen MR) is 56.3 cm³/mol. The van der Waals surface area contributed by atoms with E-state index in [2.05, 4.69) is 0 Å². The summed E-state index contributed by atoms with van der Waals surface area (Å²) in [4.78, 5) is 0. The summed E-state index contributed by atoms with van der Waals surface area (Å²) >= 11 is 0. The van der Waals surface area contributed by atoms with E-state index in [0.717, 1.165) is 5.56 Å². The molecule has 0 saturated heterocycles. The summed E-state index contributed by atoms with van der Waals surface area (Å²) in [6.07, 6.45) is 3.44. The molecule has 0 fully saturated rings. The van der Waals surface area contributed by atoms with Crippen molar-refractivity contribution in [1.29, 1.82) is 0 Å². The maximum atomic E-state index is 9.50. The van der Waals surface area contributed by atoms with E-state index in [0.29, 0.717) is 0 Å². The first-order chi connectivity index (χ1) is 6.20. The van der Waals surface area contributed by atoms with Crippen LogP contribution in [0.5, 0.6) is 0 Å². The van der Waals surface area contributed by atoms with Gasteiger partial charge in [-0.25, -0.2) is 0 Å². The van der Waals surface area contributed by atoms with Gasteiger partial charge < -0.3 is 5.11 Å². The van der Waals surface area contributed by atoms with Crippen molar-refractivity contribution in [3.8, 4) is 0 Å². The van der Waals surface area contributed by atoms with Crippen molar-refractivity contribution in [2.24, 2.45) is 5.92 Å². The third-order valence-corrected chi connectivity index (χ3v) is 1.97. The number of aliphatic hydroxyl groups excluding tert-OH is 1. The molecule has 13 heavy (non-hydrogen) atoms. The number of hydrogen-bond donors (Lipinski definition) is 1. The van der Waals surface area contributed by atoms with Gasteiger partial charge in [0, 0.05) is 0 Å². The van der Waals surface area contributed by atoms with Gasteiger partial charge in [0.15, 0.2) is 0 Å². The quantitative estimate of drug-likeness (QED) is 0.750. The number of benzene rings is 1. The topological polar surface area (TPSA) is 20.2 Å². The summed E-state index contributed by atoms with van der Waals surface area (Å²) in [5.41, 5.74) is 1.13. The molecule has 0 amide bonds. The van der Waals surface area contributed by atoms with Crippen LogP contribution in [0.1, 0.15) is 19.4 Å². The molecule has 1 N–H and O–H groups in total. The molecule has 0 saturated carbocycles. The van der Waals surface area contributed by atoms with E-state index < -0.39 is 0 Å². The van der Waals surface area contributed by atoms with Crippen LogP contribution in [-0.2, 0) is 0 Å². The number of rotatable bonds is 3.